The molecule has 1 N–H and O–H groups in total. The van der Waals surface area contributed by atoms with Gasteiger partial charge in [0.1, 0.15) is 17.0 Å². The predicted octanol–water partition coefficient (Wildman–Crippen LogP) is 4.55. The van der Waals surface area contributed by atoms with Gasteiger partial charge < -0.3 is 9.84 Å². The van der Waals surface area contributed by atoms with Crippen molar-refractivity contribution in [1.29, 1.82) is 0 Å². The van der Waals surface area contributed by atoms with Gasteiger partial charge in [-0.2, -0.15) is 4.36 Å². The molecule has 0 saturated carbocycles. The summed E-state index contributed by atoms with van der Waals surface area (Å²) in [6.07, 6.45) is 3.33. The highest BCUT2D eigenvalue weighted by atomic mass is 35.5. The molecule has 1 aliphatic carbocycles. The zero-order valence-corrected chi connectivity index (χ0v) is 18.3. The number of rotatable bonds is 5. The summed E-state index contributed by atoms with van der Waals surface area (Å²) < 4.78 is 22.6. The predicted molar refractivity (Wildman–Crippen MR) is 114 cm³/mol. The minimum Gasteiger partial charge on any atom is -0.511 e. The summed E-state index contributed by atoms with van der Waals surface area (Å²) in [7, 11) is -2.63. The van der Waals surface area contributed by atoms with Crippen molar-refractivity contribution in [3.8, 4) is 0 Å². The average molecular weight is 454 g/mol. The molecule has 0 bridgehead atoms. The number of esters is 1. The number of allylic oxidation sites excluding steroid dienone is 2. The van der Waals surface area contributed by atoms with Gasteiger partial charge in [-0.15, -0.1) is 0 Å². The Morgan fingerprint density at radius 1 is 1.13 bits per heavy atom. The molecule has 162 valence electrons. The van der Waals surface area contributed by atoms with E-state index in [0.29, 0.717) is 17.9 Å². The van der Waals surface area contributed by atoms with Crippen molar-refractivity contribution >= 4 is 44.6 Å². The van der Waals surface area contributed by atoms with E-state index in [1.54, 1.807) is 6.92 Å². The maximum Gasteiger partial charge on any atom is 0.340 e. The molecule has 0 atom stereocenters. The fourth-order valence-electron chi connectivity index (χ4n) is 3.61. The van der Waals surface area contributed by atoms with Gasteiger partial charge in [-0.25, -0.2) is 9.00 Å². The molecule has 1 fully saturated rings. The highest BCUT2D eigenvalue weighted by Crippen LogP contribution is 2.37. The van der Waals surface area contributed by atoms with Crippen molar-refractivity contribution in [1.82, 2.24) is 0 Å². The number of hydrogen-bond acceptors (Lipinski definition) is 7. The van der Waals surface area contributed by atoms with Gasteiger partial charge in [0.25, 0.3) is 0 Å². The molecule has 1 saturated heterocycles. The number of ether oxygens (including phenoxy) is 1. The van der Waals surface area contributed by atoms with Crippen molar-refractivity contribution in [3.05, 3.63) is 39.6 Å². The Bertz CT molecular complexity index is 1040. The number of carbonyl (C=O) groups excluding carboxylic acids is 3. The Kier molecular flexibility index (Phi) is 6.98. The van der Waals surface area contributed by atoms with E-state index in [0.717, 1.165) is 19.3 Å². The third-order valence-corrected chi connectivity index (χ3v) is 7.90. The lowest BCUT2D eigenvalue weighted by Crippen LogP contribution is -2.20. The second-order valence-corrected chi connectivity index (χ2v) is 10.2. The first kappa shape index (κ1) is 22.5. The quantitative estimate of drug-likeness (QED) is 0.398. The summed E-state index contributed by atoms with van der Waals surface area (Å²) in [5.74, 6) is -1.37. The molecule has 3 rings (SSSR count). The molecule has 0 unspecified atom stereocenters. The van der Waals surface area contributed by atoms with E-state index in [-0.39, 0.29) is 52.6 Å². The molecule has 9 heteroatoms. The van der Waals surface area contributed by atoms with Gasteiger partial charge >= 0.3 is 5.97 Å². The first-order valence-electron chi connectivity index (χ1n) is 9.99. The molecule has 0 amide bonds. The van der Waals surface area contributed by atoms with E-state index >= 15 is 0 Å². The highest BCUT2D eigenvalue weighted by Gasteiger charge is 2.31. The molecule has 1 aliphatic heterocycles. The minimum absolute atomic E-state index is 0.0138. The molecule has 2 aliphatic rings. The van der Waals surface area contributed by atoms with Gasteiger partial charge in [0.2, 0.25) is 5.78 Å². The van der Waals surface area contributed by atoms with Crippen LogP contribution in [0, 0.1) is 0 Å². The van der Waals surface area contributed by atoms with Crippen LogP contribution in [0.2, 0.25) is 5.02 Å². The van der Waals surface area contributed by atoms with Gasteiger partial charge in [0.05, 0.1) is 26.9 Å². The third kappa shape index (κ3) is 4.59. The van der Waals surface area contributed by atoms with Crippen molar-refractivity contribution < 1.29 is 28.4 Å². The first-order chi connectivity index (χ1) is 14.3. The number of aliphatic hydroxyl groups excluding tert-OH is 1. The molecule has 7 nitrogen and oxygen atoms in total. The summed E-state index contributed by atoms with van der Waals surface area (Å²) in [6, 6.07) is 2.65. The van der Waals surface area contributed by atoms with Crippen LogP contribution in [-0.2, 0) is 19.3 Å². The minimum atomic E-state index is -2.63. The monoisotopic (exact) mass is 453 g/mol. The summed E-state index contributed by atoms with van der Waals surface area (Å²) in [4.78, 5) is 37.7. The lowest BCUT2D eigenvalue weighted by atomic mass is 9.90. The van der Waals surface area contributed by atoms with Gasteiger partial charge in [0.15, 0.2) is 5.78 Å². The molecule has 1 heterocycles. The fraction of sp³-hybridized carbons (Fsp3) is 0.476. The van der Waals surface area contributed by atoms with Gasteiger partial charge in [-0.1, -0.05) is 18.0 Å². The van der Waals surface area contributed by atoms with Gasteiger partial charge in [-0.05, 0) is 38.3 Å². The number of Topliss-reactive ketones (excluding diaryl/α,β-unsaturated/α-hetero) is 2. The van der Waals surface area contributed by atoms with Crippen molar-refractivity contribution in [2.24, 2.45) is 4.36 Å². The number of carbonyl (C=O) groups is 3. The molecule has 0 aromatic heterocycles. The molecule has 30 heavy (non-hydrogen) atoms. The number of benzene rings is 1. The van der Waals surface area contributed by atoms with E-state index in [9.17, 15) is 23.7 Å². The highest BCUT2D eigenvalue weighted by molar-refractivity contribution is 7.93. The van der Waals surface area contributed by atoms with Crippen LogP contribution in [0.5, 0.6) is 0 Å². The maximum atomic E-state index is 13.2. The Labute approximate surface area is 180 Å². The summed E-state index contributed by atoms with van der Waals surface area (Å²) >= 11 is 6.49. The van der Waals surface area contributed by atoms with E-state index in [4.69, 9.17) is 16.3 Å². The van der Waals surface area contributed by atoms with Crippen LogP contribution in [-0.4, -0.2) is 45.0 Å². The smallest absolute Gasteiger partial charge is 0.340 e. The molecular formula is C21H24ClNO6S. The SMILES string of the molecule is CCOC(=O)c1ccc(C(=O)C2=C(O)CCCC2=O)c(Cl)c1N=S1(=O)CCCCC1. The molecule has 1 aromatic carbocycles. The van der Waals surface area contributed by atoms with E-state index < -0.39 is 27.3 Å². The van der Waals surface area contributed by atoms with Gasteiger partial charge in [-0.3, -0.25) is 9.59 Å². The number of halogens is 1. The normalized spacial score (nSPS) is 18.8. The van der Waals surface area contributed by atoms with Crippen LogP contribution in [0.15, 0.2) is 27.8 Å². The van der Waals surface area contributed by atoms with Crippen molar-refractivity contribution in [3.63, 3.8) is 0 Å². The number of ketones is 2. The van der Waals surface area contributed by atoms with Crippen LogP contribution in [0.4, 0.5) is 5.69 Å². The Balaban J connectivity index is 2.17. The number of hydrogen-bond donors (Lipinski definition) is 1. The topological polar surface area (TPSA) is 110 Å². The van der Waals surface area contributed by atoms with E-state index in [1.807, 2.05) is 0 Å². The summed E-state index contributed by atoms with van der Waals surface area (Å²) in [6.45, 7) is 1.78. The van der Waals surface area contributed by atoms with Crippen LogP contribution in [0.25, 0.3) is 0 Å². The fourth-order valence-corrected chi connectivity index (χ4v) is 6.18. The van der Waals surface area contributed by atoms with E-state index in [1.165, 1.54) is 12.1 Å². The Hall–Kier alpha value is -2.19. The second-order valence-electron chi connectivity index (χ2n) is 7.30. The molecular weight excluding hydrogens is 430 g/mol. The second kappa shape index (κ2) is 9.31. The Morgan fingerprint density at radius 2 is 1.80 bits per heavy atom. The number of aliphatic hydroxyl groups is 1. The van der Waals surface area contributed by atoms with Crippen LogP contribution >= 0.6 is 11.6 Å². The third-order valence-electron chi connectivity index (χ3n) is 5.15. The summed E-state index contributed by atoms with van der Waals surface area (Å²) in [5, 5.41) is 9.93. The Morgan fingerprint density at radius 3 is 2.43 bits per heavy atom. The zero-order valence-electron chi connectivity index (χ0n) is 16.7. The van der Waals surface area contributed by atoms with Gasteiger partial charge in [0, 0.05) is 29.9 Å². The van der Waals surface area contributed by atoms with E-state index in [2.05, 4.69) is 4.36 Å². The van der Waals surface area contributed by atoms with Crippen LogP contribution < -0.4 is 0 Å². The largest absolute Gasteiger partial charge is 0.511 e. The van der Waals surface area contributed by atoms with Crippen LogP contribution in [0.1, 0.15) is 66.2 Å². The van der Waals surface area contributed by atoms with Crippen molar-refractivity contribution in [2.45, 2.75) is 45.4 Å². The van der Waals surface area contributed by atoms with Crippen molar-refractivity contribution in [2.75, 3.05) is 18.1 Å². The average Bonchev–Trinajstić information content (AvgIpc) is 2.69. The number of nitrogens with zero attached hydrogens (tertiary/aromatic N) is 1. The molecule has 0 radical (unpaired) electrons. The van der Waals surface area contributed by atoms with Crippen LogP contribution in [0.3, 0.4) is 0 Å². The first-order valence-corrected chi connectivity index (χ1v) is 12.2. The standard InChI is InChI=1S/C21H24ClNO6S/c1-2-29-21(27)14-10-9-13(20(26)17-15(24)7-6-8-16(17)25)18(22)19(14)23-30(28)11-4-3-5-12-30/h9-10,24H,2-8,11-12H2,1H3. The lowest BCUT2D eigenvalue weighted by molar-refractivity contribution is -0.116. The zero-order chi connectivity index (χ0) is 21.9. The lowest BCUT2D eigenvalue weighted by Gasteiger charge is -2.18. The summed E-state index contributed by atoms with van der Waals surface area (Å²) in [5.41, 5.74) is -0.407. The maximum absolute atomic E-state index is 13.2. The molecule has 0 spiro atoms. The molecule has 1 aromatic rings.